The molecular weight excluding hydrogens is 244 g/mol. The van der Waals surface area contributed by atoms with Gasteiger partial charge >= 0.3 is 0 Å². The summed E-state index contributed by atoms with van der Waals surface area (Å²) in [6.45, 7) is 0.964. The first kappa shape index (κ1) is 12.8. The molecule has 3 heteroatoms. The SMILES string of the molecule is CN(CCc1ccc(Cl)cc1)c1ccc(N)cc1. The second kappa shape index (κ2) is 5.78. The van der Waals surface area contributed by atoms with Crippen molar-refractivity contribution >= 4 is 23.0 Å². The molecule has 0 unspecified atom stereocenters. The number of nitrogen functional groups attached to an aromatic ring is 1. The van der Waals surface area contributed by atoms with Crippen molar-refractivity contribution in [3.63, 3.8) is 0 Å². The summed E-state index contributed by atoms with van der Waals surface area (Å²) in [5.41, 5.74) is 8.94. The standard InChI is InChI=1S/C15H17ClN2/c1-18(15-8-6-14(17)7-9-15)11-10-12-2-4-13(16)5-3-12/h2-9H,10-11,17H2,1H3. The van der Waals surface area contributed by atoms with E-state index in [9.17, 15) is 0 Å². The van der Waals surface area contributed by atoms with E-state index in [1.807, 2.05) is 36.4 Å². The summed E-state index contributed by atoms with van der Waals surface area (Å²) in [7, 11) is 2.08. The Balaban J connectivity index is 1.93. The van der Waals surface area contributed by atoms with Crippen molar-refractivity contribution in [3.05, 3.63) is 59.1 Å². The molecule has 0 amide bonds. The summed E-state index contributed by atoms with van der Waals surface area (Å²) in [5.74, 6) is 0. The van der Waals surface area contributed by atoms with E-state index in [2.05, 4.69) is 24.1 Å². The summed E-state index contributed by atoms with van der Waals surface area (Å²) >= 11 is 5.86. The zero-order valence-electron chi connectivity index (χ0n) is 10.4. The number of nitrogens with two attached hydrogens (primary N) is 1. The van der Waals surface area contributed by atoms with Gasteiger partial charge in [-0.1, -0.05) is 23.7 Å². The third kappa shape index (κ3) is 3.41. The zero-order chi connectivity index (χ0) is 13.0. The second-order valence-corrected chi connectivity index (χ2v) is 4.83. The van der Waals surface area contributed by atoms with Crippen molar-refractivity contribution in [1.29, 1.82) is 0 Å². The van der Waals surface area contributed by atoms with Crippen LogP contribution in [0, 0.1) is 0 Å². The predicted molar refractivity (Wildman–Crippen MR) is 79.3 cm³/mol. The van der Waals surface area contributed by atoms with Crippen LogP contribution in [-0.2, 0) is 6.42 Å². The van der Waals surface area contributed by atoms with Gasteiger partial charge in [-0.2, -0.15) is 0 Å². The van der Waals surface area contributed by atoms with E-state index >= 15 is 0 Å². The Bertz CT molecular complexity index is 491. The van der Waals surface area contributed by atoms with Crippen LogP contribution in [0.1, 0.15) is 5.56 Å². The molecule has 2 N–H and O–H groups in total. The molecule has 2 aromatic carbocycles. The van der Waals surface area contributed by atoms with Gasteiger partial charge in [0.25, 0.3) is 0 Å². The minimum Gasteiger partial charge on any atom is -0.399 e. The molecule has 0 radical (unpaired) electrons. The van der Waals surface area contributed by atoms with Crippen LogP contribution in [-0.4, -0.2) is 13.6 Å². The summed E-state index contributed by atoms with van der Waals surface area (Å²) in [6, 6.07) is 15.9. The highest BCUT2D eigenvalue weighted by Crippen LogP contribution is 2.16. The Hall–Kier alpha value is -1.67. The van der Waals surface area contributed by atoms with Crippen LogP contribution in [0.2, 0.25) is 5.02 Å². The van der Waals surface area contributed by atoms with Gasteiger partial charge < -0.3 is 10.6 Å². The average Bonchev–Trinajstić information content (AvgIpc) is 2.38. The van der Waals surface area contributed by atoms with Crippen LogP contribution in [0.3, 0.4) is 0 Å². The van der Waals surface area contributed by atoms with Gasteiger partial charge in [0.15, 0.2) is 0 Å². The fourth-order valence-corrected chi connectivity index (χ4v) is 1.93. The van der Waals surface area contributed by atoms with E-state index < -0.39 is 0 Å². The molecule has 0 aliphatic heterocycles. The Labute approximate surface area is 113 Å². The summed E-state index contributed by atoms with van der Waals surface area (Å²) in [6.07, 6.45) is 0.998. The van der Waals surface area contributed by atoms with E-state index in [1.165, 1.54) is 11.3 Å². The van der Waals surface area contributed by atoms with E-state index in [4.69, 9.17) is 17.3 Å². The molecule has 0 aliphatic carbocycles. The minimum atomic E-state index is 0.783. The molecule has 0 saturated carbocycles. The number of benzene rings is 2. The molecule has 2 nitrogen and oxygen atoms in total. The molecule has 0 saturated heterocycles. The van der Waals surface area contributed by atoms with Gasteiger partial charge in [0.05, 0.1) is 0 Å². The number of anilines is 2. The van der Waals surface area contributed by atoms with Crippen molar-refractivity contribution in [2.24, 2.45) is 0 Å². The smallest absolute Gasteiger partial charge is 0.0406 e. The zero-order valence-corrected chi connectivity index (χ0v) is 11.2. The van der Waals surface area contributed by atoms with Crippen LogP contribution in [0.15, 0.2) is 48.5 Å². The molecule has 0 fully saturated rings. The normalized spacial score (nSPS) is 10.3. The highest BCUT2D eigenvalue weighted by molar-refractivity contribution is 6.30. The lowest BCUT2D eigenvalue weighted by Crippen LogP contribution is -2.20. The topological polar surface area (TPSA) is 29.3 Å². The quantitative estimate of drug-likeness (QED) is 0.851. The van der Waals surface area contributed by atoms with Crippen LogP contribution < -0.4 is 10.6 Å². The van der Waals surface area contributed by atoms with E-state index in [-0.39, 0.29) is 0 Å². The Morgan fingerprint density at radius 3 is 2.22 bits per heavy atom. The van der Waals surface area contributed by atoms with Gasteiger partial charge in [0.2, 0.25) is 0 Å². The first-order valence-corrected chi connectivity index (χ1v) is 6.34. The number of hydrogen-bond donors (Lipinski definition) is 1. The molecule has 0 bridgehead atoms. The first-order chi connectivity index (χ1) is 8.65. The van der Waals surface area contributed by atoms with Gasteiger partial charge in [-0.25, -0.2) is 0 Å². The van der Waals surface area contributed by atoms with Crippen molar-refractivity contribution in [1.82, 2.24) is 0 Å². The summed E-state index contributed by atoms with van der Waals surface area (Å²) in [5, 5.41) is 0.783. The van der Waals surface area contributed by atoms with E-state index in [0.29, 0.717) is 0 Å². The molecule has 2 rings (SSSR count). The van der Waals surface area contributed by atoms with Gasteiger partial charge in [-0.05, 0) is 48.4 Å². The van der Waals surface area contributed by atoms with E-state index in [1.54, 1.807) is 0 Å². The maximum absolute atomic E-state index is 5.86. The lowest BCUT2D eigenvalue weighted by Gasteiger charge is -2.19. The fraction of sp³-hybridized carbons (Fsp3) is 0.200. The lowest BCUT2D eigenvalue weighted by atomic mass is 10.1. The van der Waals surface area contributed by atoms with Gasteiger partial charge in [-0.15, -0.1) is 0 Å². The number of likely N-dealkylation sites (N-methyl/N-ethyl adjacent to an activating group) is 1. The number of nitrogens with zero attached hydrogens (tertiary/aromatic N) is 1. The van der Waals surface area contributed by atoms with Crippen LogP contribution in [0.25, 0.3) is 0 Å². The summed E-state index contributed by atoms with van der Waals surface area (Å²) < 4.78 is 0. The first-order valence-electron chi connectivity index (χ1n) is 5.96. The Kier molecular flexibility index (Phi) is 4.11. The second-order valence-electron chi connectivity index (χ2n) is 4.39. The molecule has 0 aromatic heterocycles. The van der Waals surface area contributed by atoms with Gasteiger partial charge in [0.1, 0.15) is 0 Å². The largest absolute Gasteiger partial charge is 0.399 e. The van der Waals surface area contributed by atoms with Crippen LogP contribution in [0.4, 0.5) is 11.4 Å². The van der Waals surface area contributed by atoms with Crippen LogP contribution in [0.5, 0.6) is 0 Å². The van der Waals surface area contributed by atoms with E-state index in [0.717, 1.165) is 23.7 Å². The van der Waals surface area contributed by atoms with Crippen LogP contribution >= 0.6 is 11.6 Å². The number of rotatable bonds is 4. The highest BCUT2D eigenvalue weighted by Gasteiger charge is 2.01. The molecule has 18 heavy (non-hydrogen) atoms. The highest BCUT2D eigenvalue weighted by atomic mass is 35.5. The predicted octanol–water partition coefficient (Wildman–Crippen LogP) is 3.60. The Morgan fingerprint density at radius 1 is 1.00 bits per heavy atom. The van der Waals surface area contributed by atoms with Crippen molar-refractivity contribution < 1.29 is 0 Å². The lowest BCUT2D eigenvalue weighted by molar-refractivity contribution is 0.877. The molecule has 0 aliphatic rings. The molecule has 0 spiro atoms. The fourth-order valence-electron chi connectivity index (χ4n) is 1.81. The van der Waals surface area contributed by atoms with Crippen molar-refractivity contribution in [2.75, 3.05) is 24.2 Å². The third-order valence-corrected chi connectivity index (χ3v) is 3.23. The molecule has 2 aromatic rings. The maximum Gasteiger partial charge on any atom is 0.0406 e. The average molecular weight is 261 g/mol. The minimum absolute atomic E-state index is 0.783. The molecule has 0 heterocycles. The molecular formula is C15H17ClN2. The maximum atomic E-state index is 5.86. The summed E-state index contributed by atoms with van der Waals surface area (Å²) in [4.78, 5) is 2.22. The molecule has 0 atom stereocenters. The number of hydrogen-bond acceptors (Lipinski definition) is 2. The number of halogens is 1. The van der Waals surface area contributed by atoms with Gasteiger partial charge in [-0.3, -0.25) is 0 Å². The van der Waals surface area contributed by atoms with Crippen molar-refractivity contribution in [2.45, 2.75) is 6.42 Å². The molecule has 94 valence electrons. The van der Waals surface area contributed by atoms with Gasteiger partial charge in [0, 0.05) is 30.0 Å². The Morgan fingerprint density at radius 2 is 1.61 bits per heavy atom. The monoisotopic (exact) mass is 260 g/mol. The van der Waals surface area contributed by atoms with Crippen molar-refractivity contribution in [3.8, 4) is 0 Å². The third-order valence-electron chi connectivity index (χ3n) is 2.98.